The number of carbonyl (C=O) groups excluding carboxylic acids is 2. The molecule has 0 unspecified atom stereocenters. The van der Waals surface area contributed by atoms with Gasteiger partial charge in [0, 0.05) is 5.69 Å². The zero-order valence-electron chi connectivity index (χ0n) is 15.4. The van der Waals surface area contributed by atoms with Crippen molar-refractivity contribution in [2.75, 3.05) is 11.9 Å². The molecule has 0 radical (unpaired) electrons. The van der Waals surface area contributed by atoms with Crippen LogP contribution in [0, 0.1) is 20.8 Å². The van der Waals surface area contributed by atoms with Crippen molar-refractivity contribution in [1.29, 1.82) is 0 Å². The normalized spacial score (nSPS) is 10.5. The topological polar surface area (TPSA) is 102 Å². The molecule has 8 heteroatoms. The lowest BCUT2D eigenvalue weighted by molar-refractivity contribution is -0.115. The van der Waals surface area contributed by atoms with E-state index in [0.717, 1.165) is 22.4 Å². The maximum absolute atomic E-state index is 12.5. The van der Waals surface area contributed by atoms with Crippen molar-refractivity contribution >= 4 is 17.5 Å². The first-order chi connectivity index (χ1) is 13.0. The van der Waals surface area contributed by atoms with Gasteiger partial charge in [0.2, 0.25) is 5.91 Å². The van der Waals surface area contributed by atoms with Gasteiger partial charge in [0.15, 0.2) is 0 Å². The molecule has 2 N–H and O–H groups in total. The summed E-state index contributed by atoms with van der Waals surface area (Å²) in [7, 11) is 0. The molecule has 3 rings (SSSR count). The number of nitrogens with zero attached hydrogens (tertiary/aromatic N) is 4. The smallest absolute Gasteiger partial charge is 0.253 e. The minimum Gasteiger partial charge on any atom is -0.343 e. The summed E-state index contributed by atoms with van der Waals surface area (Å²) >= 11 is 0. The van der Waals surface area contributed by atoms with Gasteiger partial charge in [0.25, 0.3) is 5.91 Å². The van der Waals surface area contributed by atoms with E-state index in [0.29, 0.717) is 11.3 Å². The fourth-order valence-corrected chi connectivity index (χ4v) is 2.95. The van der Waals surface area contributed by atoms with Crippen LogP contribution >= 0.6 is 0 Å². The SMILES string of the molecule is Cc1cc(C)c(NC(=O)CNC(=O)c2ccccc2-n2cnnn2)c(C)c1. The van der Waals surface area contributed by atoms with Gasteiger partial charge in [-0.1, -0.05) is 29.8 Å². The molecule has 0 atom stereocenters. The second-order valence-corrected chi connectivity index (χ2v) is 6.28. The van der Waals surface area contributed by atoms with E-state index < -0.39 is 0 Å². The van der Waals surface area contributed by atoms with Crippen LogP contribution in [0.4, 0.5) is 5.69 Å². The van der Waals surface area contributed by atoms with Crippen molar-refractivity contribution in [1.82, 2.24) is 25.5 Å². The number of aromatic nitrogens is 4. The standard InChI is InChI=1S/C19H20N6O2/c1-12-8-13(2)18(14(3)9-12)22-17(26)10-20-19(27)15-6-4-5-7-16(15)25-11-21-23-24-25/h4-9,11H,10H2,1-3H3,(H,20,27)(H,22,26). The number of anilines is 1. The number of benzene rings is 2. The average molecular weight is 364 g/mol. The molecular weight excluding hydrogens is 344 g/mol. The molecule has 0 fully saturated rings. The largest absolute Gasteiger partial charge is 0.343 e. The zero-order valence-corrected chi connectivity index (χ0v) is 15.4. The third-order valence-electron chi connectivity index (χ3n) is 4.10. The van der Waals surface area contributed by atoms with Gasteiger partial charge in [0.05, 0.1) is 17.8 Å². The van der Waals surface area contributed by atoms with Gasteiger partial charge in [-0.3, -0.25) is 9.59 Å². The summed E-state index contributed by atoms with van der Waals surface area (Å²) in [5.41, 5.74) is 4.78. The van der Waals surface area contributed by atoms with Crippen LogP contribution in [0.15, 0.2) is 42.7 Å². The number of nitrogens with one attached hydrogen (secondary N) is 2. The summed E-state index contributed by atoms with van der Waals surface area (Å²) in [6.07, 6.45) is 1.40. The van der Waals surface area contributed by atoms with Crippen LogP contribution in [0.1, 0.15) is 27.0 Å². The number of amides is 2. The van der Waals surface area contributed by atoms with Crippen LogP contribution in [-0.4, -0.2) is 38.6 Å². The summed E-state index contributed by atoms with van der Waals surface area (Å²) in [4.78, 5) is 24.8. The Morgan fingerprint density at radius 1 is 1.07 bits per heavy atom. The highest BCUT2D eigenvalue weighted by atomic mass is 16.2. The van der Waals surface area contributed by atoms with Crippen molar-refractivity contribution in [3.63, 3.8) is 0 Å². The molecule has 0 saturated carbocycles. The molecule has 0 spiro atoms. The highest BCUT2D eigenvalue weighted by molar-refractivity contribution is 6.01. The fourth-order valence-electron chi connectivity index (χ4n) is 2.95. The van der Waals surface area contributed by atoms with Crippen molar-refractivity contribution in [3.8, 4) is 5.69 Å². The Labute approximate surface area is 156 Å². The van der Waals surface area contributed by atoms with Crippen LogP contribution in [0.5, 0.6) is 0 Å². The number of rotatable bonds is 5. The second kappa shape index (κ2) is 7.77. The number of hydrogen-bond donors (Lipinski definition) is 2. The molecular formula is C19H20N6O2. The number of tetrazole rings is 1. The maximum Gasteiger partial charge on any atom is 0.253 e. The third kappa shape index (κ3) is 4.17. The monoisotopic (exact) mass is 364 g/mol. The van der Waals surface area contributed by atoms with Gasteiger partial charge >= 0.3 is 0 Å². The Bertz CT molecular complexity index is 959. The van der Waals surface area contributed by atoms with Crippen molar-refractivity contribution in [2.24, 2.45) is 0 Å². The summed E-state index contributed by atoms with van der Waals surface area (Å²) in [5, 5.41) is 16.5. The van der Waals surface area contributed by atoms with Crippen LogP contribution < -0.4 is 10.6 Å². The Hall–Kier alpha value is -3.55. The summed E-state index contributed by atoms with van der Waals surface area (Å²) in [6.45, 7) is 5.75. The van der Waals surface area contributed by atoms with Gasteiger partial charge in [0.1, 0.15) is 6.33 Å². The molecule has 138 valence electrons. The Kier molecular flexibility index (Phi) is 5.25. The van der Waals surface area contributed by atoms with Crippen molar-refractivity contribution in [3.05, 3.63) is 65.0 Å². The van der Waals surface area contributed by atoms with Crippen molar-refractivity contribution < 1.29 is 9.59 Å². The van der Waals surface area contributed by atoms with E-state index in [2.05, 4.69) is 26.2 Å². The van der Waals surface area contributed by atoms with E-state index in [-0.39, 0.29) is 18.4 Å². The van der Waals surface area contributed by atoms with Gasteiger partial charge in [-0.2, -0.15) is 4.68 Å². The van der Waals surface area contributed by atoms with Gasteiger partial charge in [-0.15, -0.1) is 5.10 Å². The van der Waals surface area contributed by atoms with E-state index in [1.165, 1.54) is 11.0 Å². The Morgan fingerprint density at radius 2 is 1.78 bits per heavy atom. The molecule has 1 aromatic heterocycles. The highest BCUT2D eigenvalue weighted by Gasteiger charge is 2.15. The minimum absolute atomic E-state index is 0.143. The molecule has 2 amide bonds. The fraction of sp³-hybridized carbons (Fsp3) is 0.211. The number of para-hydroxylation sites is 1. The molecule has 1 heterocycles. The summed E-state index contributed by atoms with van der Waals surface area (Å²) in [6, 6.07) is 10.9. The van der Waals surface area contributed by atoms with E-state index in [9.17, 15) is 9.59 Å². The highest BCUT2D eigenvalue weighted by Crippen LogP contribution is 2.21. The average Bonchev–Trinajstić information content (AvgIpc) is 3.17. The first-order valence-corrected chi connectivity index (χ1v) is 8.44. The van der Waals surface area contributed by atoms with Crippen LogP contribution in [0.3, 0.4) is 0 Å². The Morgan fingerprint density at radius 3 is 2.44 bits per heavy atom. The number of carbonyl (C=O) groups is 2. The van der Waals surface area contributed by atoms with Crippen LogP contribution in [0.25, 0.3) is 5.69 Å². The molecule has 2 aromatic carbocycles. The lowest BCUT2D eigenvalue weighted by atomic mass is 10.1. The van der Waals surface area contributed by atoms with Crippen LogP contribution in [-0.2, 0) is 4.79 Å². The predicted molar refractivity (Wildman–Crippen MR) is 101 cm³/mol. The molecule has 0 aliphatic heterocycles. The van der Waals surface area contributed by atoms with Gasteiger partial charge < -0.3 is 10.6 Å². The third-order valence-corrected chi connectivity index (χ3v) is 4.10. The molecule has 0 saturated heterocycles. The first kappa shape index (κ1) is 18.2. The van der Waals surface area contributed by atoms with Gasteiger partial charge in [-0.05, 0) is 54.5 Å². The number of aryl methyl sites for hydroxylation is 3. The summed E-state index contributed by atoms with van der Waals surface area (Å²) in [5.74, 6) is -0.674. The predicted octanol–water partition coefficient (Wildman–Crippen LogP) is 1.96. The first-order valence-electron chi connectivity index (χ1n) is 8.44. The van der Waals surface area contributed by atoms with E-state index in [1.807, 2.05) is 32.9 Å². The van der Waals surface area contributed by atoms with Crippen LogP contribution in [0.2, 0.25) is 0 Å². The molecule has 27 heavy (non-hydrogen) atoms. The molecule has 0 aliphatic rings. The molecule has 0 aliphatic carbocycles. The molecule has 8 nitrogen and oxygen atoms in total. The molecule has 0 bridgehead atoms. The Balaban J connectivity index is 1.68. The van der Waals surface area contributed by atoms with Gasteiger partial charge in [-0.25, -0.2) is 0 Å². The summed E-state index contributed by atoms with van der Waals surface area (Å²) < 4.78 is 1.40. The lowest BCUT2D eigenvalue weighted by Gasteiger charge is -2.13. The lowest BCUT2D eigenvalue weighted by Crippen LogP contribution is -2.33. The van der Waals surface area contributed by atoms with E-state index in [1.54, 1.807) is 24.3 Å². The molecule has 3 aromatic rings. The second-order valence-electron chi connectivity index (χ2n) is 6.28. The van der Waals surface area contributed by atoms with E-state index >= 15 is 0 Å². The maximum atomic E-state index is 12.5. The van der Waals surface area contributed by atoms with Crippen molar-refractivity contribution in [2.45, 2.75) is 20.8 Å². The van der Waals surface area contributed by atoms with E-state index in [4.69, 9.17) is 0 Å². The minimum atomic E-state index is -0.381. The quantitative estimate of drug-likeness (QED) is 0.720. The zero-order chi connectivity index (χ0) is 19.4. The number of hydrogen-bond acceptors (Lipinski definition) is 5.